The number of carbonyl (C=O) groups is 2. The lowest BCUT2D eigenvalue weighted by Gasteiger charge is -2.11. The van der Waals surface area contributed by atoms with Crippen molar-refractivity contribution in [3.05, 3.63) is 29.8 Å². The molecule has 0 spiro atoms. The van der Waals surface area contributed by atoms with Crippen molar-refractivity contribution >= 4 is 11.9 Å². The summed E-state index contributed by atoms with van der Waals surface area (Å²) < 4.78 is 5.53. The van der Waals surface area contributed by atoms with Crippen LogP contribution in [0.1, 0.15) is 43.5 Å². The molecular formula is C16H23NO4. The first-order chi connectivity index (χ1) is 10.0. The molecule has 1 atom stereocenters. The van der Waals surface area contributed by atoms with Crippen LogP contribution in [0.5, 0.6) is 5.75 Å². The highest BCUT2D eigenvalue weighted by Crippen LogP contribution is 2.13. The molecule has 2 N–H and O–H groups in total. The number of carbonyl (C=O) groups excluding carboxylic acids is 1. The van der Waals surface area contributed by atoms with Crippen LogP contribution in [0.3, 0.4) is 0 Å². The van der Waals surface area contributed by atoms with E-state index in [1.54, 1.807) is 31.2 Å². The Labute approximate surface area is 125 Å². The second-order valence-corrected chi connectivity index (χ2v) is 5.14. The molecule has 21 heavy (non-hydrogen) atoms. The molecule has 1 unspecified atom stereocenters. The first-order valence-corrected chi connectivity index (χ1v) is 7.25. The summed E-state index contributed by atoms with van der Waals surface area (Å²) in [5.41, 5.74) is 0.542. The normalized spacial score (nSPS) is 11.7. The third-order valence-corrected chi connectivity index (χ3v) is 3.02. The zero-order valence-corrected chi connectivity index (χ0v) is 12.6. The molecule has 0 aromatic heterocycles. The van der Waals surface area contributed by atoms with Crippen molar-refractivity contribution in [2.45, 2.75) is 33.1 Å². The molecule has 1 aromatic rings. The fourth-order valence-corrected chi connectivity index (χ4v) is 1.78. The predicted molar refractivity (Wildman–Crippen MR) is 80.6 cm³/mol. The van der Waals surface area contributed by atoms with Gasteiger partial charge in [-0.05, 0) is 36.6 Å². The van der Waals surface area contributed by atoms with Crippen LogP contribution in [0, 0.1) is 5.92 Å². The molecule has 0 bridgehead atoms. The molecule has 116 valence electrons. The number of carboxylic acids is 1. The van der Waals surface area contributed by atoms with Crippen LogP contribution >= 0.6 is 0 Å². The lowest BCUT2D eigenvalue weighted by Crippen LogP contribution is -2.29. The van der Waals surface area contributed by atoms with Gasteiger partial charge in [-0.2, -0.15) is 0 Å². The molecule has 0 heterocycles. The van der Waals surface area contributed by atoms with Gasteiger partial charge in [0.1, 0.15) is 5.75 Å². The van der Waals surface area contributed by atoms with Crippen LogP contribution < -0.4 is 10.1 Å². The van der Waals surface area contributed by atoms with Gasteiger partial charge in [-0.15, -0.1) is 0 Å². The standard InChI is InChI=1S/C16H23NO4/c1-3-4-9-21-14-7-5-13(6-8-14)16(20)17-11-12(2)10-15(18)19/h5-8,12H,3-4,9-11H2,1-2H3,(H,17,20)(H,18,19). The van der Waals surface area contributed by atoms with Crippen molar-refractivity contribution in [3.8, 4) is 5.75 Å². The first-order valence-electron chi connectivity index (χ1n) is 7.25. The van der Waals surface area contributed by atoms with E-state index in [-0.39, 0.29) is 18.2 Å². The SMILES string of the molecule is CCCCOc1ccc(C(=O)NCC(C)CC(=O)O)cc1. The minimum atomic E-state index is -0.856. The summed E-state index contributed by atoms with van der Waals surface area (Å²) in [6.07, 6.45) is 2.13. The fraction of sp³-hybridized carbons (Fsp3) is 0.500. The minimum Gasteiger partial charge on any atom is -0.494 e. The number of rotatable bonds is 9. The van der Waals surface area contributed by atoms with Gasteiger partial charge in [-0.1, -0.05) is 20.3 Å². The smallest absolute Gasteiger partial charge is 0.303 e. The Kier molecular flexibility index (Phi) is 7.29. The molecule has 0 fully saturated rings. The summed E-state index contributed by atoms with van der Waals surface area (Å²) in [6, 6.07) is 6.95. The Hall–Kier alpha value is -2.04. The van der Waals surface area contributed by atoms with E-state index in [0.29, 0.717) is 18.7 Å². The second-order valence-electron chi connectivity index (χ2n) is 5.14. The zero-order valence-electron chi connectivity index (χ0n) is 12.6. The number of hydrogen-bond donors (Lipinski definition) is 2. The van der Waals surface area contributed by atoms with Crippen molar-refractivity contribution in [1.82, 2.24) is 5.32 Å². The minimum absolute atomic E-state index is 0.0461. The summed E-state index contributed by atoms with van der Waals surface area (Å²) in [4.78, 5) is 22.5. The van der Waals surface area contributed by atoms with E-state index >= 15 is 0 Å². The number of unbranched alkanes of at least 4 members (excludes halogenated alkanes) is 1. The van der Waals surface area contributed by atoms with Gasteiger partial charge in [-0.3, -0.25) is 9.59 Å². The largest absolute Gasteiger partial charge is 0.494 e. The van der Waals surface area contributed by atoms with Crippen molar-refractivity contribution in [3.63, 3.8) is 0 Å². The van der Waals surface area contributed by atoms with Crippen molar-refractivity contribution in [2.75, 3.05) is 13.2 Å². The van der Waals surface area contributed by atoms with Gasteiger partial charge in [0.05, 0.1) is 6.61 Å². The first kappa shape index (κ1) is 17.0. The van der Waals surface area contributed by atoms with Crippen LogP contribution in [-0.4, -0.2) is 30.1 Å². The van der Waals surface area contributed by atoms with Crippen LogP contribution in [0.15, 0.2) is 24.3 Å². The fourth-order valence-electron chi connectivity index (χ4n) is 1.78. The molecule has 0 aliphatic rings. The molecule has 0 saturated heterocycles. The van der Waals surface area contributed by atoms with Gasteiger partial charge in [-0.25, -0.2) is 0 Å². The quantitative estimate of drug-likeness (QED) is 0.686. The summed E-state index contributed by atoms with van der Waals surface area (Å²) in [5, 5.41) is 11.4. The molecule has 5 nitrogen and oxygen atoms in total. The zero-order chi connectivity index (χ0) is 15.7. The second kappa shape index (κ2) is 9.00. The van der Waals surface area contributed by atoms with Gasteiger partial charge in [0.2, 0.25) is 0 Å². The molecule has 0 aliphatic heterocycles. The monoisotopic (exact) mass is 293 g/mol. The number of hydrogen-bond acceptors (Lipinski definition) is 3. The molecular weight excluding hydrogens is 270 g/mol. The summed E-state index contributed by atoms with van der Waals surface area (Å²) in [6.45, 7) is 4.91. The summed E-state index contributed by atoms with van der Waals surface area (Å²) in [7, 11) is 0. The van der Waals surface area contributed by atoms with E-state index in [2.05, 4.69) is 12.2 Å². The molecule has 0 aliphatic carbocycles. The van der Waals surface area contributed by atoms with Crippen molar-refractivity contribution in [1.29, 1.82) is 0 Å². The van der Waals surface area contributed by atoms with Crippen molar-refractivity contribution < 1.29 is 19.4 Å². The van der Waals surface area contributed by atoms with Crippen LogP contribution in [0.25, 0.3) is 0 Å². The molecule has 1 aromatic carbocycles. The van der Waals surface area contributed by atoms with E-state index in [0.717, 1.165) is 18.6 Å². The van der Waals surface area contributed by atoms with Crippen LogP contribution in [-0.2, 0) is 4.79 Å². The number of amides is 1. The van der Waals surface area contributed by atoms with Gasteiger partial charge < -0.3 is 15.2 Å². The maximum absolute atomic E-state index is 11.9. The summed E-state index contributed by atoms with van der Waals surface area (Å²) >= 11 is 0. The highest BCUT2D eigenvalue weighted by Gasteiger charge is 2.10. The van der Waals surface area contributed by atoms with E-state index in [4.69, 9.17) is 9.84 Å². The average molecular weight is 293 g/mol. The third kappa shape index (κ3) is 6.79. The van der Waals surface area contributed by atoms with E-state index < -0.39 is 5.97 Å². The Bertz CT molecular complexity index is 456. The molecule has 0 radical (unpaired) electrons. The van der Waals surface area contributed by atoms with E-state index in [1.165, 1.54) is 0 Å². The lowest BCUT2D eigenvalue weighted by atomic mass is 10.1. The average Bonchev–Trinajstić information content (AvgIpc) is 2.45. The Morgan fingerprint density at radius 1 is 1.29 bits per heavy atom. The number of benzene rings is 1. The Morgan fingerprint density at radius 2 is 1.95 bits per heavy atom. The van der Waals surface area contributed by atoms with Gasteiger partial charge >= 0.3 is 5.97 Å². The maximum atomic E-state index is 11.9. The topological polar surface area (TPSA) is 75.6 Å². The third-order valence-electron chi connectivity index (χ3n) is 3.02. The predicted octanol–water partition coefficient (Wildman–Crippen LogP) is 2.71. The number of nitrogens with one attached hydrogen (secondary N) is 1. The van der Waals surface area contributed by atoms with Gasteiger partial charge in [0.15, 0.2) is 0 Å². The van der Waals surface area contributed by atoms with Crippen LogP contribution in [0.2, 0.25) is 0 Å². The maximum Gasteiger partial charge on any atom is 0.303 e. The van der Waals surface area contributed by atoms with Crippen molar-refractivity contribution in [2.24, 2.45) is 5.92 Å². The van der Waals surface area contributed by atoms with E-state index in [1.807, 2.05) is 0 Å². The van der Waals surface area contributed by atoms with Gasteiger partial charge in [0.25, 0.3) is 5.91 Å². The number of ether oxygens (including phenoxy) is 1. The highest BCUT2D eigenvalue weighted by atomic mass is 16.5. The number of aliphatic carboxylic acids is 1. The Morgan fingerprint density at radius 3 is 2.52 bits per heavy atom. The van der Waals surface area contributed by atoms with Gasteiger partial charge in [0, 0.05) is 18.5 Å². The lowest BCUT2D eigenvalue weighted by molar-refractivity contribution is -0.137. The molecule has 5 heteroatoms. The highest BCUT2D eigenvalue weighted by molar-refractivity contribution is 5.94. The molecule has 1 amide bonds. The van der Waals surface area contributed by atoms with E-state index in [9.17, 15) is 9.59 Å². The van der Waals surface area contributed by atoms with Crippen LogP contribution in [0.4, 0.5) is 0 Å². The molecule has 1 rings (SSSR count). The number of carboxylic acid groups (broad SMARTS) is 1. The Balaban J connectivity index is 2.42. The molecule has 0 saturated carbocycles. The summed E-state index contributed by atoms with van der Waals surface area (Å²) in [5.74, 6) is -0.403.